The number of thioether (sulfide) groups is 1. The van der Waals surface area contributed by atoms with Gasteiger partial charge in [0, 0.05) is 40.6 Å². The molecule has 11 heteroatoms. The molecule has 2 aromatic carbocycles. The minimum absolute atomic E-state index is 0.161. The van der Waals surface area contributed by atoms with E-state index in [0.29, 0.717) is 32.1 Å². The smallest absolute Gasteiger partial charge is 0.407 e. The van der Waals surface area contributed by atoms with Gasteiger partial charge in [0.1, 0.15) is 11.1 Å². The zero-order valence-corrected chi connectivity index (χ0v) is 29.1. The van der Waals surface area contributed by atoms with Crippen LogP contribution >= 0.6 is 23.7 Å². The molecule has 4 N–H and O–H groups in total. The number of rotatable bonds is 14. The van der Waals surface area contributed by atoms with E-state index in [1.807, 2.05) is 30.3 Å². The van der Waals surface area contributed by atoms with Crippen LogP contribution in [0.25, 0.3) is 0 Å². The van der Waals surface area contributed by atoms with Crippen molar-refractivity contribution in [1.29, 1.82) is 0 Å². The Kier molecular flexibility index (Phi) is 11.1. The third kappa shape index (κ3) is 8.17. The fourth-order valence-corrected chi connectivity index (χ4v) is 9.67. The minimum Gasteiger partial charge on any atom is -0.445 e. The molecule has 7 rings (SSSR count). The first-order valence-electron chi connectivity index (χ1n) is 16.9. The summed E-state index contributed by atoms with van der Waals surface area (Å²) in [6.07, 6.45) is 1.89. The molecular formula is C35H50N4O5S2. The average molecular weight is 671 g/mol. The number of carbonyl (C=O) groups is 1. The number of aliphatic hydroxyl groups excluding tert-OH is 1. The van der Waals surface area contributed by atoms with Gasteiger partial charge < -0.3 is 30.0 Å². The van der Waals surface area contributed by atoms with Gasteiger partial charge in [-0.05, 0) is 80.8 Å². The predicted molar refractivity (Wildman–Crippen MR) is 184 cm³/mol. The Bertz CT molecular complexity index is 1320. The SMILES string of the molecule is CCCN[C@@]1(C)Nc2ccc(SN(CC(C)C)CC(O)[C@H](Cc3ccccc3)NC(=O)OC3C4CCC5C(OC4)OCC53)cc2S1. The third-order valence-electron chi connectivity index (χ3n) is 9.44. The van der Waals surface area contributed by atoms with Crippen LogP contribution in [0, 0.1) is 23.7 Å². The summed E-state index contributed by atoms with van der Waals surface area (Å²) in [5.74, 6) is 1.01. The van der Waals surface area contributed by atoms with Crippen molar-refractivity contribution in [2.45, 2.75) is 92.7 Å². The van der Waals surface area contributed by atoms with E-state index in [9.17, 15) is 9.90 Å². The van der Waals surface area contributed by atoms with Crippen LogP contribution in [0.1, 0.15) is 52.5 Å². The van der Waals surface area contributed by atoms with Gasteiger partial charge in [-0.1, -0.05) is 62.9 Å². The number of anilines is 1. The molecule has 4 bridgehead atoms. The highest BCUT2D eigenvalue weighted by Gasteiger charge is 2.52. The lowest BCUT2D eigenvalue weighted by Crippen LogP contribution is -2.51. The second-order valence-corrected chi connectivity index (χ2v) is 16.4. The molecule has 6 unspecified atom stereocenters. The fraction of sp³-hybridized carbons (Fsp3) is 0.629. The van der Waals surface area contributed by atoms with Crippen LogP contribution in [0.4, 0.5) is 10.5 Å². The summed E-state index contributed by atoms with van der Waals surface area (Å²) in [6.45, 7) is 12.0. The maximum atomic E-state index is 13.5. The normalized spacial score (nSPS) is 29.3. The van der Waals surface area contributed by atoms with Gasteiger partial charge in [-0.3, -0.25) is 5.32 Å². The summed E-state index contributed by atoms with van der Waals surface area (Å²) in [5.41, 5.74) is 2.18. The van der Waals surface area contributed by atoms with E-state index in [1.165, 1.54) is 4.90 Å². The van der Waals surface area contributed by atoms with Crippen LogP contribution < -0.4 is 16.0 Å². The van der Waals surface area contributed by atoms with Gasteiger partial charge in [-0.2, -0.15) is 0 Å². The lowest BCUT2D eigenvalue weighted by Gasteiger charge is -2.36. The summed E-state index contributed by atoms with van der Waals surface area (Å²) >= 11 is 3.46. The molecule has 9 nitrogen and oxygen atoms in total. The monoisotopic (exact) mass is 670 g/mol. The van der Waals surface area contributed by atoms with Crippen molar-refractivity contribution in [2.24, 2.45) is 23.7 Å². The maximum Gasteiger partial charge on any atom is 0.407 e. The molecule has 0 spiro atoms. The van der Waals surface area contributed by atoms with Gasteiger partial charge in [-0.25, -0.2) is 9.10 Å². The lowest BCUT2D eigenvalue weighted by molar-refractivity contribution is -0.135. The zero-order valence-electron chi connectivity index (χ0n) is 27.4. The van der Waals surface area contributed by atoms with E-state index in [4.69, 9.17) is 14.2 Å². The molecule has 5 aliphatic rings. The second-order valence-electron chi connectivity index (χ2n) is 13.8. The number of alkyl carbamates (subject to hydrolysis) is 1. The fourth-order valence-electron chi connectivity index (χ4n) is 7.21. The van der Waals surface area contributed by atoms with E-state index >= 15 is 0 Å². The largest absolute Gasteiger partial charge is 0.445 e. The van der Waals surface area contributed by atoms with E-state index in [-0.39, 0.29) is 35.1 Å². The van der Waals surface area contributed by atoms with Crippen LogP contribution in [0.3, 0.4) is 0 Å². The zero-order chi connectivity index (χ0) is 32.3. The first kappa shape index (κ1) is 33.9. The number of hydrogen-bond donors (Lipinski definition) is 4. The Balaban J connectivity index is 1.13. The number of aliphatic hydroxyl groups is 1. The van der Waals surface area contributed by atoms with Gasteiger partial charge in [-0.15, -0.1) is 0 Å². The van der Waals surface area contributed by atoms with Gasteiger partial charge in [0.15, 0.2) is 6.29 Å². The van der Waals surface area contributed by atoms with Crippen LogP contribution in [0.15, 0.2) is 58.3 Å². The Hall–Kier alpha value is -1.99. The van der Waals surface area contributed by atoms with E-state index in [0.717, 1.165) is 48.5 Å². The van der Waals surface area contributed by atoms with Crippen LogP contribution in [-0.2, 0) is 20.6 Å². The molecule has 3 saturated heterocycles. The Morgan fingerprint density at radius 3 is 2.74 bits per heavy atom. The Morgan fingerprint density at radius 2 is 1.96 bits per heavy atom. The number of carbonyl (C=O) groups excluding carboxylic acids is 1. The van der Waals surface area contributed by atoms with E-state index in [1.54, 1.807) is 23.7 Å². The second kappa shape index (κ2) is 15.1. The Labute approximate surface area is 282 Å². The van der Waals surface area contributed by atoms with Crippen molar-refractivity contribution < 1.29 is 24.1 Å². The van der Waals surface area contributed by atoms with Crippen molar-refractivity contribution in [3.63, 3.8) is 0 Å². The average Bonchev–Trinajstić information content (AvgIpc) is 3.47. The summed E-state index contributed by atoms with van der Waals surface area (Å²) < 4.78 is 20.2. The third-order valence-corrected chi connectivity index (χ3v) is 11.7. The number of benzene rings is 2. The molecule has 4 aliphatic heterocycles. The summed E-state index contributed by atoms with van der Waals surface area (Å²) in [5, 5.41) is 22.1. The number of hydrogen-bond acceptors (Lipinski definition) is 10. The highest BCUT2D eigenvalue weighted by molar-refractivity contribution is 8.01. The van der Waals surface area contributed by atoms with Crippen molar-refractivity contribution in [2.75, 3.05) is 38.2 Å². The lowest BCUT2D eigenvalue weighted by atomic mass is 9.74. The molecule has 252 valence electrons. The molecule has 0 radical (unpaired) electrons. The van der Waals surface area contributed by atoms with Crippen molar-refractivity contribution in [3.8, 4) is 0 Å². The number of nitrogens with zero attached hydrogens (tertiary/aromatic N) is 1. The number of ether oxygens (including phenoxy) is 3. The maximum absolute atomic E-state index is 13.5. The van der Waals surface area contributed by atoms with E-state index < -0.39 is 18.2 Å². The molecule has 2 aromatic rings. The van der Waals surface area contributed by atoms with Crippen molar-refractivity contribution >= 4 is 35.5 Å². The first-order valence-corrected chi connectivity index (χ1v) is 18.5. The summed E-state index contributed by atoms with van der Waals surface area (Å²) in [6, 6.07) is 16.0. The highest BCUT2D eigenvalue weighted by atomic mass is 32.2. The number of nitrogens with one attached hydrogen (secondary N) is 3. The van der Waals surface area contributed by atoms with Gasteiger partial charge >= 0.3 is 6.09 Å². The topological polar surface area (TPSA) is 104 Å². The van der Waals surface area contributed by atoms with Gasteiger partial charge in [0.05, 0.1) is 31.0 Å². The molecule has 4 heterocycles. The first-order chi connectivity index (χ1) is 22.2. The minimum atomic E-state index is -0.820. The van der Waals surface area contributed by atoms with E-state index in [2.05, 4.69) is 66.1 Å². The van der Waals surface area contributed by atoms with Crippen LogP contribution in [0.5, 0.6) is 0 Å². The quantitative estimate of drug-likeness (QED) is 0.181. The molecule has 8 atom stereocenters. The molecule has 1 saturated carbocycles. The van der Waals surface area contributed by atoms with Crippen molar-refractivity contribution in [3.05, 3.63) is 54.1 Å². The summed E-state index contributed by atoms with van der Waals surface area (Å²) in [7, 11) is 0. The molecule has 0 aromatic heterocycles. The number of fused-ring (bicyclic) bond motifs is 3. The molecule has 46 heavy (non-hydrogen) atoms. The molecular weight excluding hydrogens is 621 g/mol. The molecule has 1 aliphatic carbocycles. The van der Waals surface area contributed by atoms with Crippen LogP contribution in [-0.4, -0.2) is 77.9 Å². The standard InChI is InChI=1S/C35H50N4O5S2/c1-5-15-36-35(4)38-28-14-12-25(17-31(28)45-35)46-39(18-22(2)3)19-30(40)29(16-23-9-7-6-8-10-23)37-34(41)44-32-24-11-13-26-27(32)21-43-33(26)42-20-24/h6-10,12,14,17,22,24,26-27,29-30,32-33,36,38,40H,5,11,13,15-16,18-21H2,1-4H3,(H,37,41)/t24?,26?,27?,29-,30?,32?,33?,35-/m0/s1. The van der Waals surface area contributed by atoms with Crippen LogP contribution in [0.2, 0.25) is 0 Å². The number of amides is 1. The molecule has 1 amide bonds. The highest BCUT2D eigenvalue weighted by Crippen LogP contribution is 2.47. The van der Waals surface area contributed by atoms with Crippen molar-refractivity contribution in [1.82, 2.24) is 14.9 Å². The Morgan fingerprint density at radius 1 is 1.15 bits per heavy atom. The predicted octanol–water partition coefficient (Wildman–Crippen LogP) is 5.94. The van der Waals surface area contributed by atoms with Gasteiger partial charge in [0.25, 0.3) is 0 Å². The molecule has 4 fully saturated rings. The summed E-state index contributed by atoms with van der Waals surface area (Å²) in [4.78, 5) is 15.6. The van der Waals surface area contributed by atoms with Gasteiger partial charge in [0.2, 0.25) is 0 Å².